The standard InChI is InChI=1S/C12H9Br2NO3S2/c1-2-5-3-6(12(17)18)11(19-5)15-10(16)8-4-7(13)9(14)20-8/h3-4H,2H2,1H3,(H,15,16)(H,17,18). The van der Waals surface area contributed by atoms with Crippen LogP contribution in [0.3, 0.4) is 0 Å². The maximum Gasteiger partial charge on any atom is 0.338 e. The van der Waals surface area contributed by atoms with Gasteiger partial charge in [0, 0.05) is 9.35 Å². The van der Waals surface area contributed by atoms with E-state index in [1.54, 1.807) is 12.1 Å². The molecule has 0 aromatic carbocycles. The number of nitrogens with one attached hydrogen (secondary N) is 1. The molecule has 106 valence electrons. The number of hydrogen-bond donors (Lipinski definition) is 2. The van der Waals surface area contributed by atoms with Gasteiger partial charge in [-0.15, -0.1) is 22.7 Å². The number of aromatic carboxylic acids is 1. The van der Waals surface area contributed by atoms with Gasteiger partial charge >= 0.3 is 5.97 Å². The molecule has 0 radical (unpaired) electrons. The van der Waals surface area contributed by atoms with Crippen molar-refractivity contribution in [3.63, 3.8) is 0 Å². The molecule has 20 heavy (non-hydrogen) atoms. The number of hydrogen-bond acceptors (Lipinski definition) is 4. The van der Waals surface area contributed by atoms with Crippen molar-refractivity contribution in [3.8, 4) is 0 Å². The minimum atomic E-state index is -1.04. The van der Waals surface area contributed by atoms with Gasteiger partial charge in [-0.25, -0.2) is 4.79 Å². The fraction of sp³-hybridized carbons (Fsp3) is 0.167. The number of thiophene rings is 2. The average Bonchev–Trinajstić information content (AvgIpc) is 2.94. The third-order valence-corrected chi connectivity index (χ3v) is 6.91. The molecule has 0 fully saturated rings. The maximum absolute atomic E-state index is 12.1. The van der Waals surface area contributed by atoms with E-state index in [0.29, 0.717) is 9.88 Å². The molecule has 0 saturated heterocycles. The number of carboxylic acids is 1. The maximum atomic E-state index is 12.1. The van der Waals surface area contributed by atoms with Crippen LogP contribution in [0.1, 0.15) is 31.8 Å². The van der Waals surface area contributed by atoms with Crippen LogP contribution < -0.4 is 5.32 Å². The number of rotatable bonds is 4. The Morgan fingerprint density at radius 1 is 1.30 bits per heavy atom. The van der Waals surface area contributed by atoms with E-state index in [2.05, 4.69) is 37.2 Å². The molecule has 0 bridgehead atoms. The van der Waals surface area contributed by atoms with Gasteiger partial charge in [0.15, 0.2) is 0 Å². The first-order valence-electron chi connectivity index (χ1n) is 5.54. The Morgan fingerprint density at radius 2 is 2.00 bits per heavy atom. The molecule has 2 heterocycles. The van der Waals surface area contributed by atoms with Crippen LogP contribution in [0, 0.1) is 0 Å². The van der Waals surface area contributed by atoms with Crippen molar-refractivity contribution < 1.29 is 14.7 Å². The lowest BCUT2D eigenvalue weighted by Gasteiger charge is -2.01. The Hall–Kier alpha value is -0.700. The Bertz CT molecular complexity index is 659. The highest BCUT2D eigenvalue weighted by atomic mass is 79.9. The summed E-state index contributed by atoms with van der Waals surface area (Å²) in [5.41, 5.74) is 0.134. The minimum Gasteiger partial charge on any atom is -0.478 e. The van der Waals surface area contributed by atoms with Crippen LogP contribution in [-0.2, 0) is 6.42 Å². The van der Waals surface area contributed by atoms with E-state index in [0.717, 1.165) is 19.6 Å². The predicted octanol–water partition coefficient (Wildman–Crippen LogP) is 4.85. The van der Waals surface area contributed by atoms with E-state index < -0.39 is 5.97 Å². The molecule has 0 spiro atoms. The quantitative estimate of drug-likeness (QED) is 0.716. The van der Waals surface area contributed by atoms with E-state index in [9.17, 15) is 9.59 Å². The van der Waals surface area contributed by atoms with E-state index in [1.165, 1.54) is 22.7 Å². The Kier molecular flexibility index (Phi) is 5.00. The zero-order valence-corrected chi connectivity index (χ0v) is 15.0. The van der Waals surface area contributed by atoms with Crippen LogP contribution in [0.25, 0.3) is 0 Å². The first-order chi connectivity index (χ1) is 9.42. The van der Waals surface area contributed by atoms with Gasteiger partial charge in [0.25, 0.3) is 5.91 Å². The fourth-order valence-corrected chi connectivity index (χ4v) is 4.41. The summed E-state index contributed by atoms with van der Waals surface area (Å²) in [6.07, 6.45) is 0.733. The smallest absolute Gasteiger partial charge is 0.338 e. The number of carboxylic acid groups (broad SMARTS) is 1. The number of carbonyl (C=O) groups is 2. The molecule has 2 rings (SSSR count). The summed E-state index contributed by atoms with van der Waals surface area (Å²) in [6.45, 7) is 1.94. The van der Waals surface area contributed by atoms with E-state index in [-0.39, 0.29) is 11.5 Å². The molecule has 1 amide bonds. The minimum absolute atomic E-state index is 0.134. The van der Waals surface area contributed by atoms with Crippen LogP contribution in [0.5, 0.6) is 0 Å². The SMILES string of the molecule is CCc1cc(C(=O)O)c(NC(=O)c2cc(Br)c(Br)s2)s1. The van der Waals surface area contributed by atoms with Crippen molar-refractivity contribution in [2.24, 2.45) is 0 Å². The second-order valence-electron chi connectivity index (χ2n) is 3.80. The summed E-state index contributed by atoms with van der Waals surface area (Å²) in [5.74, 6) is -1.35. The average molecular weight is 439 g/mol. The fourth-order valence-electron chi connectivity index (χ4n) is 1.49. The van der Waals surface area contributed by atoms with E-state index >= 15 is 0 Å². The van der Waals surface area contributed by atoms with Gasteiger partial charge in [0.2, 0.25) is 0 Å². The number of aryl methyl sites for hydroxylation is 1. The van der Waals surface area contributed by atoms with E-state index in [1.807, 2.05) is 6.92 Å². The highest BCUT2D eigenvalue weighted by molar-refractivity contribution is 9.13. The van der Waals surface area contributed by atoms with Gasteiger partial charge in [-0.1, -0.05) is 6.92 Å². The Morgan fingerprint density at radius 3 is 2.50 bits per heavy atom. The van der Waals surface area contributed by atoms with E-state index in [4.69, 9.17) is 5.11 Å². The molecular weight excluding hydrogens is 430 g/mol. The number of carbonyl (C=O) groups excluding carboxylic acids is 1. The van der Waals surface area contributed by atoms with Crippen molar-refractivity contribution in [1.29, 1.82) is 0 Å². The molecule has 4 nitrogen and oxygen atoms in total. The molecule has 0 aliphatic heterocycles. The largest absolute Gasteiger partial charge is 0.478 e. The van der Waals surface area contributed by atoms with Crippen LogP contribution in [0.15, 0.2) is 20.4 Å². The van der Waals surface area contributed by atoms with Crippen molar-refractivity contribution in [3.05, 3.63) is 35.7 Å². The Balaban J connectivity index is 2.27. The van der Waals surface area contributed by atoms with Crippen molar-refractivity contribution in [1.82, 2.24) is 0 Å². The first-order valence-corrected chi connectivity index (χ1v) is 8.76. The van der Waals surface area contributed by atoms with Gasteiger partial charge in [-0.3, -0.25) is 4.79 Å². The predicted molar refractivity (Wildman–Crippen MR) is 88.3 cm³/mol. The number of anilines is 1. The molecule has 2 aromatic rings. The van der Waals surface area contributed by atoms with Crippen molar-refractivity contribution in [2.45, 2.75) is 13.3 Å². The third kappa shape index (κ3) is 3.30. The third-order valence-electron chi connectivity index (χ3n) is 2.46. The topological polar surface area (TPSA) is 66.4 Å². The van der Waals surface area contributed by atoms with Gasteiger partial charge in [0.1, 0.15) is 5.00 Å². The second-order valence-corrected chi connectivity index (χ2v) is 8.16. The molecule has 2 N–H and O–H groups in total. The summed E-state index contributed by atoms with van der Waals surface area (Å²) < 4.78 is 1.62. The lowest BCUT2D eigenvalue weighted by atomic mass is 10.2. The van der Waals surface area contributed by atoms with Crippen molar-refractivity contribution in [2.75, 3.05) is 5.32 Å². The molecule has 8 heteroatoms. The van der Waals surface area contributed by atoms with Gasteiger partial charge < -0.3 is 10.4 Å². The molecule has 2 aromatic heterocycles. The highest BCUT2D eigenvalue weighted by Gasteiger charge is 2.19. The molecule has 0 saturated carbocycles. The van der Waals surface area contributed by atoms with Crippen LogP contribution in [-0.4, -0.2) is 17.0 Å². The molecular formula is C12H9Br2NO3S2. The zero-order chi connectivity index (χ0) is 14.9. The summed E-state index contributed by atoms with van der Waals surface area (Å²) in [5, 5.41) is 12.2. The summed E-state index contributed by atoms with van der Waals surface area (Å²) in [7, 11) is 0. The first kappa shape index (κ1) is 15.7. The molecule has 0 aliphatic carbocycles. The summed E-state index contributed by atoms with van der Waals surface area (Å²) in [6, 6.07) is 3.29. The second kappa shape index (κ2) is 6.38. The summed E-state index contributed by atoms with van der Waals surface area (Å²) in [4.78, 5) is 24.7. The molecule has 0 unspecified atom stereocenters. The lowest BCUT2D eigenvalue weighted by molar-refractivity contribution is 0.0698. The molecule has 0 aliphatic rings. The van der Waals surface area contributed by atoms with Gasteiger partial charge in [-0.2, -0.15) is 0 Å². The van der Waals surface area contributed by atoms with Crippen LogP contribution in [0.2, 0.25) is 0 Å². The van der Waals surface area contributed by atoms with Crippen LogP contribution >= 0.6 is 54.5 Å². The van der Waals surface area contributed by atoms with Gasteiger partial charge in [0.05, 0.1) is 14.2 Å². The van der Waals surface area contributed by atoms with Crippen LogP contribution in [0.4, 0.5) is 5.00 Å². The van der Waals surface area contributed by atoms with Gasteiger partial charge in [-0.05, 0) is 50.4 Å². The highest BCUT2D eigenvalue weighted by Crippen LogP contribution is 2.34. The number of amides is 1. The van der Waals surface area contributed by atoms with Crippen molar-refractivity contribution >= 4 is 71.4 Å². The molecule has 0 atom stereocenters. The lowest BCUT2D eigenvalue weighted by Crippen LogP contribution is -2.11. The number of halogens is 2. The summed E-state index contributed by atoms with van der Waals surface area (Å²) >= 11 is 9.21. The zero-order valence-electron chi connectivity index (χ0n) is 10.2. The monoisotopic (exact) mass is 437 g/mol. The Labute approximate surface area is 140 Å². The normalized spacial score (nSPS) is 10.6.